The first kappa shape index (κ1) is 19.1. The van der Waals surface area contributed by atoms with Crippen molar-refractivity contribution in [2.24, 2.45) is 5.73 Å². The Kier molecular flexibility index (Phi) is 10.3. The van der Waals surface area contributed by atoms with Crippen LogP contribution in [0.4, 0.5) is 0 Å². The first-order chi connectivity index (χ1) is 9.17. The number of rotatable bonds is 9. The molecular formula is C16H26ClNO2. The maximum Gasteiger partial charge on any atom is 0.162 e. The highest BCUT2D eigenvalue weighted by Crippen LogP contribution is 2.11. The Labute approximate surface area is 128 Å². The number of halogens is 1. The summed E-state index contributed by atoms with van der Waals surface area (Å²) in [5, 5.41) is 8.90. The summed E-state index contributed by atoms with van der Waals surface area (Å²) in [5.41, 5.74) is 7.52. The molecular weight excluding hydrogens is 274 g/mol. The first-order valence-corrected chi connectivity index (χ1v) is 7.16. The Bertz CT molecular complexity index is 379. The average molecular weight is 300 g/mol. The van der Waals surface area contributed by atoms with Crippen LogP contribution in [0.5, 0.6) is 0 Å². The highest BCUT2D eigenvalue weighted by Gasteiger charge is 2.07. The lowest BCUT2D eigenvalue weighted by atomic mass is 10.0. The van der Waals surface area contributed by atoms with Crippen LogP contribution < -0.4 is 5.73 Å². The molecule has 0 aliphatic carbocycles. The van der Waals surface area contributed by atoms with E-state index in [1.807, 2.05) is 24.3 Å². The lowest BCUT2D eigenvalue weighted by Gasteiger charge is -2.08. The van der Waals surface area contributed by atoms with E-state index in [4.69, 9.17) is 10.8 Å². The van der Waals surface area contributed by atoms with Crippen molar-refractivity contribution in [2.75, 3.05) is 6.61 Å². The van der Waals surface area contributed by atoms with Crippen molar-refractivity contribution >= 4 is 18.2 Å². The molecule has 3 nitrogen and oxygen atoms in total. The highest BCUT2D eigenvalue weighted by atomic mass is 35.5. The van der Waals surface area contributed by atoms with Gasteiger partial charge in [-0.05, 0) is 18.4 Å². The van der Waals surface area contributed by atoms with Gasteiger partial charge in [0, 0.05) is 18.0 Å². The Hall–Kier alpha value is -0.900. The van der Waals surface area contributed by atoms with Crippen LogP contribution in [-0.2, 0) is 6.42 Å². The van der Waals surface area contributed by atoms with E-state index in [-0.39, 0.29) is 30.8 Å². The summed E-state index contributed by atoms with van der Waals surface area (Å²) >= 11 is 0. The molecule has 0 bridgehead atoms. The van der Waals surface area contributed by atoms with E-state index in [9.17, 15) is 4.79 Å². The second kappa shape index (κ2) is 10.8. The summed E-state index contributed by atoms with van der Waals surface area (Å²) < 4.78 is 0. The zero-order valence-corrected chi connectivity index (χ0v) is 13.0. The first-order valence-electron chi connectivity index (χ1n) is 7.16. The van der Waals surface area contributed by atoms with Crippen LogP contribution in [0.25, 0.3) is 0 Å². The Morgan fingerprint density at radius 2 is 1.85 bits per heavy atom. The molecule has 0 fully saturated rings. The van der Waals surface area contributed by atoms with Gasteiger partial charge >= 0.3 is 0 Å². The number of hydrogen-bond acceptors (Lipinski definition) is 3. The molecule has 0 aliphatic rings. The number of benzene rings is 1. The third-order valence-electron chi connectivity index (χ3n) is 3.27. The second-order valence-electron chi connectivity index (χ2n) is 5.08. The molecule has 0 saturated carbocycles. The zero-order valence-electron chi connectivity index (χ0n) is 12.2. The summed E-state index contributed by atoms with van der Waals surface area (Å²) in [6.07, 6.45) is 5.77. The van der Waals surface area contributed by atoms with Gasteiger partial charge in [-0.25, -0.2) is 0 Å². The minimum atomic E-state index is -0.226. The molecule has 1 aromatic carbocycles. The van der Waals surface area contributed by atoms with Crippen molar-refractivity contribution in [3.05, 3.63) is 35.4 Å². The van der Waals surface area contributed by atoms with Gasteiger partial charge in [0.15, 0.2) is 5.78 Å². The number of carbonyl (C=O) groups is 1. The van der Waals surface area contributed by atoms with E-state index in [0.717, 1.165) is 24.0 Å². The van der Waals surface area contributed by atoms with E-state index in [1.54, 1.807) is 0 Å². The van der Waals surface area contributed by atoms with Crippen LogP contribution >= 0.6 is 12.4 Å². The highest BCUT2D eigenvalue weighted by molar-refractivity contribution is 5.96. The molecule has 20 heavy (non-hydrogen) atoms. The normalized spacial score (nSPS) is 11.8. The topological polar surface area (TPSA) is 63.3 Å². The molecule has 0 radical (unpaired) electrons. The summed E-state index contributed by atoms with van der Waals surface area (Å²) in [6.45, 7) is 2.15. The Morgan fingerprint density at radius 1 is 1.20 bits per heavy atom. The van der Waals surface area contributed by atoms with Crippen molar-refractivity contribution in [1.29, 1.82) is 0 Å². The number of nitrogens with two attached hydrogens (primary N) is 1. The predicted octanol–water partition coefficient (Wildman–Crippen LogP) is 3.12. The molecule has 0 saturated heterocycles. The minimum Gasteiger partial charge on any atom is -0.395 e. The molecule has 0 spiro atoms. The second-order valence-corrected chi connectivity index (χ2v) is 5.08. The summed E-state index contributed by atoms with van der Waals surface area (Å²) in [4.78, 5) is 11.9. The molecule has 1 atom stereocenters. The van der Waals surface area contributed by atoms with Gasteiger partial charge in [-0.15, -0.1) is 12.4 Å². The van der Waals surface area contributed by atoms with Gasteiger partial charge in [0.25, 0.3) is 0 Å². The van der Waals surface area contributed by atoms with Gasteiger partial charge in [0.2, 0.25) is 0 Å². The molecule has 1 aromatic rings. The maximum atomic E-state index is 11.9. The smallest absolute Gasteiger partial charge is 0.162 e. The molecule has 4 heteroatoms. The Balaban J connectivity index is 0.00000361. The molecule has 3 N–H and O–H groups in total. The van der Waals surface area contributed by atoms with Crippen LogP contribution in [0.1, 0.15) is 54.9 Å². The van der Waals surface area contributed by atoms with Gasteiger partial charge in [-0.3, -0.25) is 4.79 Å². The van der Waals surface area contributed by atoms with Crippen molar-refractivity contribution < 1.29 is 9.90 Å². The van der Waals surface area contributed by atoms with Crippen LogP contribution in [0.3, 0.4) is 0 Å². The fourth-order valence-corrected chi connectivity index (χ4v) is 2.05. The largest absolute Gasteiger partial charge is 0.395 e. The van der Waals surface area contributed by atoms with E-state index in [0.29, 0.717) is 12.8 Å². The monoisotopic (exact) mass is 299 g/mol. The summed E-state index contributed by atoms with van der Waals surface area (Å²) in [5.74, 6) is 0.217. The lowest BCUT2D eigenvalue weighted by molar-refractivity contribution is 0.0979. The molecule has 0 heterocycles. The van der Waals surface area contributed by atoms with Gasteiger partial charge in [0.1, 0.15) is 0 Å². The number of unbranched alkanes of at least 4 members (excludes halogenated alkanes) is 3. The maximum absolute atomic E-state index is 11.9. The summed E-state index contributed by atoms with van der Waals surface area (Å²) in [7, 11) is 0. The number of aliphatic hydroxyl groups is 1. The lowest BCUT2D eigenvalue weighted by Crippen LogP contribution is -2.26. The van der Waals surface area contributed by atoms with Crippen LogP contribution in [0.2, 0.25) is 0 Å². The molecule has 0 aliphatic heterocycles. The van der Waals surface area contributed by atoms with E-state index >= 15 is 0 Å². The van der Waals surface area contributed by atoms with Gasteiger partial charge in [-0.2, -0.15) is 0 Å². The SMILES string of the molecule is CCCCCCC(=O)c1ccc(C[C@H](N)CO)cc1.Cl. The van der Waals surface area contributed by atoms with E-state index in [2.05, 4.69) is 6.92 Å². The van der Waals surface area contributed by atoms with E-state index < -0.39 is 0 Å². The predicted molar refractivity (Wildman–Crippen MR) is 85.5 cm³/mol. The quantitative estimate of drug-likeness (QED) is 0.544. The number of carbonyl (C=O) groups excluding carboxylic acids is 1. The summed E-state index contributed by atoms with van der Waals surface area (Å²) in [6, 6.07) is 7.35. The number of hydrogen-bond donors (Lipinski definition) is 2. The average Bonchev–Trinajstić information content (AvgIpc) is 2.44. The molecule has 1 rings (SSSR count). The van der Waals surface area contributed by atoms with Crippen LogP contribution in [0, 0.1) is 0 Å². The fourth-order valence-electron chi connectivity index (χ4n) is 2.05. The standard InChI is InChI=1S/C16H25NO2.ClH/c1-2-3-4-5-6-16(19)14-9-7-13(8-10-14)11-15(17)12-18;/h7-10,15,18H,2-6,11-12,17H2,1H3;1H/t15-;/m0./s1. The van der Waals surface area contributed by atoms with Crippen molar-refractivity contribution in [2.45, 2.75) is 51.5 Å². The van der Waals surface area contributed by atoms with Crippen molar-refractivity contribution in [1.82, 2.24) is 0 Å². The third kappa shape index (κ3) is 7.04. The Morgan fingerprint density at radius 3 is 2.40 bits per heavy atom. The number of ketones is 1. The van der Waals surface area contributed by atoms with Crippen molar-refractivity contribution in [3.63, 3.8) is 0 Å². The van der Waals surface area contributed by atoms with Crippen molar-refractivity contribution in [3.8, 4) is 0 Å². The molecule has 0 amide bonds. The van der Waals surface area contributed by atoms with E-state index in [1.165, 1.54) is 12.8 Å². The molecule has 114 valence electrons. The fraction of sp³-hybridized carbons (Fsp3) is 0.562. The molecule has 0 aromatic heterocycles. The molecule has 0 unspecified atom stereocenters. The van der Waals surface area contributed by atoms with Gasteiger partial charge in [-0.1, -0.05) is 50.5 Å². The van der Waals surface area contributed by atoms with Gasteiger partial charge < -0.3 is 10.8 Å². The number of Topliss-reactive ketones (excluding diaryl/α,β-unsaturated/α-hetero) is 1. The van der Waals surface area contributed by atoms with Crippen LogP contribution in [0.15, 0.2) is 24.3 Å². The minimum absolute atomic E-state index is 0. The number of aliphatic hydroxyl groups excluding tert-OH is 1. The zero-order chi connectivity index (χ0) is 14.1. The van der Waals surface area contributed by atoms with Crippen LogP contribution in [-0.4, -0.2) is 23.5 Å². The van der Waals surface area contributed by atoms with Gasteiger partial charge in [0.05, 0.1) is 6.61 Å². The third-order valence-corrected chi connectivity index (χ3v) is 3.27.